The fourth-order valence-corrected chi connectivity index (χ4v) is 3.71. The minimum absolute atomic E-state index is 0.0416. The van der Waals surface area contributed by atoms with Gasteiger partial charge in [-0.05, 0) is 41.8 Å². The number of oxazole rings is 1. The van der Waals surface area contributed by atoms with Crippen LogP contribution < -0.4 is 4.74 Å². The van der Waals surface area contributed by atoms with Crippen molar-refractivity contribution in [3.8, 4) is 39.8 Å². The number of rotatable bonds is 7. The van der Waals surface area contributed by atoms with Crippen LogP contribution in [0.5, 0.6) is 17.2 Å². The summed E-state index contributed by atoms with van der Waals surface area (Å²) < 4.78 is 16.9. The van der Waals surface area contributed by atoms with Gasteiger partial charge in [0.25, 0.3) is 0 Å². The zero-order valence-electron chi connectivity index (χ0n) is 17.9. The number of ether oxygens (including phenoxy) is 2. The zero-order chi connectivity index (χ0) is 21.8. The van der Waals surface area contributed by atoms with E-state index < -0.39 is 0 Å². The van der Waals surface area contributed by atoms with Crippen molar-refractivity contribution in [2.45, 2.75) is 19.8 Å². The molecule has 7 nitrogen and oxygen atoms in total. The highest BCUT2D eigenvalue weighted by Gasteiger charge is 2.19. The van der Waals surface area contributed by atoms with Crippen LogP contribution in [0.25, 0.3) is 22.6 Å². The van der Waals surface area contributed by atoms with Gasteiger partial charge < -0.3 is 24.1 Å². The van der Waals surface area contributed by atoms with Crippen molar-refractivity contribution in [3.05, 3.63) is 48.4 Å². The molecular formula is C24H28N2O5. The lowest BCUT2D eigenvalue weighted by atomic mass is 9.96. The highest BCUT2D eigenvalue weighted by Crippen LogP contribution is 2.41. The SMILES string of the molecule is CC(C)c1cc(-c2ncoc2-c2ccc(OCCN3CCOCC3)cc2)c(O)cc1O. The number of aromatic hydroxyl groups is 2. The van der Waals surface area contributed by atoms with E-state index in [4.69, 9.17) is 13.9 Å². The first kappa shape index (κ1) is 21.2. The predicted molar refractivity (Wildman–Crippen MR) is 118 cm³/mol. The second-order valence-corrected chi connectivity index (χ2v) is 7.94. The Balaban J connectivity index is 1.49. The number of morpholine rings is 1. The standard InChI is InChI=1S/C24H28N2O5/c1-16(2)19-13-20(22(28)14-21(19)27)23-24(31-15-25-23)17-3-5-18(6-4-17)30-12-9-26-7-10-29-11-8-26/h3-6,13-16,27-28H,7-12H2,1-2H3. The van der Waals surface area contributed by atoms with Crippen LogP contribution in [0, 0.1) is 0 Å². The van der Waals surface area contributed by atoms with Crippen LogP contribution in [0.3, 0.4) is 0 Å². The summed E-state index contributed by atoms with van der Waals surface area (Å²) in [4.78, 5) is 6.65. The minimum atomic E-state index is -0.0416. The molecule has 1 saturated heterocycles. The third-order valence-corrected chi connectivity index (χ3v) is 5.49. The molecule has 2 heterocycles. The molecule has 1 aliphatic heterocycles. The van der Waals surface area contributed by atoms with Crippen LogP contribution in [0.1, 0.15) is 25.3 Å². The van der Waals surface area contributed by atoms with E-state index in [2.05, 4.69) is 9.88 Å². The van der Waals surface area contributed by atoms with Gasteiger partial charge in [0.15, 0.2) is 12.2 Å². The van der Waals surface area contributed by atoms with Crippen LogP contribution in [-0.4, -0.2) is 59.6 Å². The maximum Gasteiger partial charge on any atom is 0.182 e. The van der Waals surface area contributed by atoms with E-state index in [1.54, 1.807) is 6.07 Å². The van der Waals surface area contributed by atoms with Gasteiger partial charge in [0.1, 0.15) is 29.5 Å². The molecule has 0 atom stereocenters. The quantitative estimate of drug-likeness (QED) is 0.586. The van der Waals surface area contributed by atoms with Crippen LogP contribution in [0.2, 0.25) is 0 Å². The molecule has 0 aliphatic carbocycles. The summed E-state index contributed by atoms with van der Waals surface area (Å²) in [5.74, 6) is 1.46. The lowest BCUT2D eigenvalue weighted by Gasteiger charge is -2.26. The first-order valence-corrected chi connectivity index (χ1v) is 10.6. The minimum Gasteiger partial charge on any atom is -0.508 e. The van der Waals surface area contributed by atoms with Gasteiger partial charge in [-0.25, -0.2) is 4.98 Å². The van der Waals surface area contributed by atoms with Crippen molar-refractivity contribution < 1.29 is 24.1 Å². The van der Waals surface area contributed by atoms with Crippen molar-refractivity contribution in [2.75, 3.05) is 39.5 Å². The predicted octanol–water partition coefficient (Wildman–Crippen LogP) is 4.25. The van der Waals surface area contributed by atoms with Gasteiger partial charge in [-0.1, -0.05) is 13.8 Å². The topological polar surface area (TPSA) is 88.2 Å². The van der Waals surface area contributed by atoms with Crippen molar-refractivity contribution in [1.29, 1.82) is 0 Å². The molecule has 1 aliphatic rings. The van der Waals surface area contributed by atoms with E-state index in [-0.39, 0.29) is 17.4 Å². The molecule has 7 heteroatoms. The van der Waals surface area contributed by atoms with Gasteiger partial charge >= 0.3 is 0 Å². The highest BCUT2D eigenvalue weighted by atomic mass is 16.5. The Kier molecular flexibility index (Phi) is 6.44. The average molecular weight is 424 g/mol. The normalized spacial score (nSPS) is 14.8. The molecule has 164 valence electrons. The molecule has 2 N–H and O–H groups in total. The van der Waals surface area contributed by atoms with Gasteiger partial charge in [-0.2, -0.15) is 0 Å². The monoisotopic (exact) mass is 424 g/mol. The van der Waals surface area contributed by atoms with Gasteiger partial charge in [0.2, 0.25) is 0 Å². The molecule has 3 aromatic rings. The van der Waals surface area contributed by atoms with Crippen LogP contribution >= 0.6 is 0 Å². The number of nitrogens with zero attached hydrogens (tertiary/aromatic N) is 2. The van der Waals surface area contributed by atoms with Gasteiger partial charge in [0.05, 0.1) is 13.2 Å². The van der Waals surface area contributed by atoms with E-state index in [0.717, 1.165) is 49.7 Å². The molecule has 0 unspecified atom stereocenters. The summed E-state index contributed by atoms with van der Waals surface area (Å²) in [5.41, 5.74) is 2.62. The molecular weight excluding hydrogens is 396 g/mol. The van der Waals surface area contributed by atoms with E-state index in [1.807, 2.05) is 38.1 Å². The molecule has 1 fully saturated rings. The van der Waals surface area contributed by atoms with Crippen LogP contribution in [0.15, 0.2) is 47.2 Å². The largest absolute Gasteiger partial charge is 0.508 e. The lowest BCUT2D eigenvalue weighted by Crippen LogP contribution is -2.38. The summed E-state index contributed by atoms with van der Waals surface area (Å²) in [5, 5.41) is 20.5. The molecule has 0 bridgehead atoms. The average Bonchev–Trinajstić information content (AvgIpc) is 3.24. The van der Waals surface area contributed by atoms with Crippen LogP contribution in [0.4, 0.5) is 0 Å². The molecule has 2 aromatic carbocycles. The zero-order valence-corrected chi connectivity index (χ0v) is 17.9. The van der Waals surface area contributed by atoms with Crippen molar-refractivity contribution in [1.82, 2.24) is 9.88 Å². The molecule has 0 saturated carbocycles. The molecule has 0 amide bonds. The summed E-state index contributed by atoms with van der Waals surface area (Å²) >= 11 is 0. The first-order chi connectivity index (χ1) is 15.0. The summed E-state index contributed by atoms with van der Waals surface area (Å²) in [6, 6.07) is 10.7. The maximum absolute atomic E-state index is 10.4. The Morgan fingerprint density at radius 1 is 1.06 bits per heavy atom. The maximum atomic E-state index is 10.4. The summed E-state index contributed by atoms with van der Waals surface area (Å²) in [6.07, 6.45) is 1.36. The Hall–Kier alpha value is -3.03. The number of hydrogen-bond donors (Lipinski definition) is 2. The number of phenolic OH excluding ortho intramolecular Hbond substituents is 2. The van der Waals surface area contributed by atoms with Gasteiger partial charge in [0, 0.05) is 36.8 Å². The summed E-state index contributed by atoms with van der Waals surface area (Å²) in [6.45, 7) is 8.90. The summed E-state index contributed by atoms with van der Waals surface area (Å²) in [7, 11) is 0. The van der Waals surface area contributed by atoms with Crippen LogP contribution in [-0.2, 0) is 4.74 Å². The van der Waals surface area contributed by atoms with Crippen molar-refractivity contribution in [3.63, 3.8) is 0 Å². The Bertz CT molecular complexity index is 1010. The second-order valence-electron chi connectivity index (χ2n) is 7.94. The lowest BCUT2D eigenvalue weighted by molar-refractivity contribution is 0.0322. The number of hydrogen-bond acceptors (Lipinski definition) is 7. The van der Waals surface area contributed by atoms with E-state index in [9.17, 15) is 10.2 Å². The van der Waals surface area contributed by atoms with E-state index in [0.29, 0.717) is 23.6 Å². The molecule has 0 radical (unpaired) electrons. The van der Waals surface area contributed by atoms with Crippen molar-refractivity contribution >= 4 is 0 Å². The highest BCUT2D eigenvalue weighted by molar-refractivity contribution is 5.81. The molecule has 0 spiro atoms. The fraction of sp³-hybridized carbons (Fsp3) is 0.375. The fourth-order valence-electron chi connectivity index (χ4n) is 3.71. The van der Waals surface area contributed by atoms with Crippen molar-refractivity contribution in [2.24, 2.45) is 0 Å². The number of aromatic nitrogens is 1. The molecule has 4 rings (SSSR count). The Morgan fingerprint density at radius 2 is 1.81 bits per heavy atom. The molecule has 31 heavy (non-hydrogen) atoms. The Morgan fingerprint density at radius 3 is 2.52 bits per heavy atom. The Labute approximate surface area is 181 Å². The smallest absolute Gasteiger partial charge is 0.182 e. The third-order valence-electron chi connectivity index (χ3n) is 5.49. The molecule has 1 aromatic heterocycles. The van der Waals surface area contributed by atoms with Gasteiger partial charge in [-0.3, -0.25) is 4.90 Å². The number of benzene rings is 2. The number of phenols is 2. The van der Waals surface area contributed by atoms with E-state index in [1.165, 1.54) is 12.5 Å². The van der Waals surface area contributed by atoms with E-state index >= 15 is 0 Å². The first-order valence-electron chi connectivity index (χ1n) is 10.6. The third kappa shape index (κ3) is 4.84. The second kappa shape index (κ2) is 9.41. The van der Waals surface area contributed by atoms with Gasteiger partial charge in [-0.15, -0.1) is 0 Å².